The van der Waals surface area contributed by atoms with Crippen molar-refractivity contribution in [2.75, 3.05) is 18.0 Å². The van der Waals surface area contributed by atoms with Gasteiger partial charge in [-0.25, -0.2) is 14.4 Å². The fourth-order valence-corrected chi connectivity index (χ4v) is 3.03. The molecule has 116 valence electrons. The molecule has 1 N–H and O–H groups in total. The summed E-state index contributed by atoms with van der Waals surface area (Å²) in [6.07, 6.45) is 0.925. The van der Waals surface area contributed by atoms with Crippen molar-refractivity contribution in [3.8, 4) is 0 Å². The number of anilines is 1. The zero-order chi connectivity index (χ0) is 15.7. The normalized spacial score (nSPS) is 17.5. The lowest BCUT2D eigenvalue weighted by atomic mass is 9.84. The molecule has 1 aromatic carbocycles. The van der Waals surface area contributed by atoms with Crippen molar-refractivity contribution >= 4 is 5.95 Å². The molecule has 1 saturated heterocycles. The molecule has 1 aliphatic rings. The molecular formula is C17H20FN3O. The Kier molecular flexibility index (Phi) is 3.83. The second kappa shape index (κ2) is 5.65. The van der Waals surface area contributed by atoms with Crippen LogP contribution >= 0.6 is 0 Å². The first-order chi connectivity index (χ1) is 10.5. The van der Waals surface area contributed by atoms with Gasteiger partial charge in [-0.3, -0.25) is 0 Å². The molecule has 0 radical (unpaired) electrons. The van der Waals surface area contributed by atoms with Gasteiger partial charge >= 0.3 is 0 Å². The third-order valence-corrected chi connectivity index (χ3v) is 4.22. The summed E-state index contributed by atoms with van der Waals surface area (Å²) in [5.74, 6) is 0.342. The van der Waals surface area contributed by atoms with Gasteiger partial charge in [0.15, 0.2) is 0 Å². The Morgan fingerprint density at radius 2 is 1.68 bits per heavy atom. The number of aromatic nitrogens is 2. The number of rotatable bonds is 2. The Morgan fingerprint density at radius 3 is 2.27 bits per heavy atom. The van der Waals surface area contributed by atoms with Gasteiger partial charge in [0.2, 0.25) is 5.95 Å². The second-order valence-corrected chi connectivity index (χ2v) is 5.95. The van der Waals surface area contributed by atoms with Gasteiger partial charge < -0.3 is 10.0 Å². The predicted octanol–water partition coefficient (Wildman–Crippen LogP) is 2.72. The molecule has 0 atom stereocenters. The highest BCUT2D eigenvalue weighted by Gasteiger charge is 2.36. The van der Waals surface area contributed by atoms with Gasteiger partial charge in [-0.1, -0.05) is 18.2 Å². The number of aryl methyl sites for hydroxylation is 2. The lowest BCUT2D eigenvalue weighted by molar-refractivity contribution is 0.00825. The van der Waals surface area contributed by atoms with E-state index in [1.54, 1.807) is 18.2 Å². The first kappa shape index (κ1) is 14.9. The Morgan fingerprint density at radius 1 is 1.09 bits per heavy atom. The van der Waals surface area contributed by atoms with Gasteiger partial charge in [0.25, 0.3) is 0 Å². The monoisotopic (exact) mass is 301 g/mol. The highest BCUT2D eigenvalue weighted by molar-refractivity contribution is 5.35. The minimum atomic E-state index is -1.11. The van der Waals surface area contributed by atoms with Crippen molar-refractivity contribution < 1.29 is 9.50 Å². The SMILES string of the molecule is Cc1cc(C)nc(N2CCC(O)(c3ccccc3F)CC2)n1. The van der Waals surface area contributed by atoms with E-state index >= 15 is 0 Å². The van der Waals surface area contributed by atoms with Crippen LogP contribution in [0.3, 0.4) is 0 Å². The van der Waals surface area contributed by atoms with Crippen molar-refractivity contribution in [2.24, 2.45) is 0 Å². The highest BCUT2D eigenvalue weighted by Crippen LogP contribution is 2.35. The maximum Gasteiger partial charge on any atom is 0.225 e. The van der Waals surface area contributed by atoms with Gasteiger partial charge in [-0.15, -0.1) is 0 Å². The first-order valence-electron chi connectivity index (χ1n) is 7.52. The second-order valence-electron chi connectivity index (χ2n) is 5.95. The molecule has 1 aliphatic heterocycles. The third-order valence-electron chi connectivity index (χ3n) is 4.22. The van der Waals surface area contributed by atoms with Gasteiger partial charge in [0, 0.05) is 30.0 Å². The topological polar surface area (TPSA) is 49.2 Å². The van der Waals surface area contributed by atoms with Crippen molar-refractivity contribution in [3.63, 3.8) is 0 Å². The van der Waals surface area contributed by atoms with Crippen molar-refractivity contribution in [3.05, 3.63) is 53.1 Å². The van der Waals surface area contributed by atoms with Crippen LogP contribution < -0.4 is 4.90 Å². The minimum Gasteiger partial charge on any atom is -0.385 e. The number of piperidine rings is 1. The molecule has 4 nitrogen and oxygen atoms in total. The molecule has 0 amide bonds. The van der Waals surface area contributed by atoms with Crippen LogP contribution in [-0.4, -0.2) is 28.2 Å². The van der Waals surface area contributed by atoms with Crippen molar-refractivity contribution in [1.29, 1.82) is 0 Å². The Hall–Kier alpha value is -2.01. The molecule has 1 aromatic heterocycles. The van der Waals surface area contributed by atoms with Crippen LogP contribution in [0.25, 0.3) is 0 Å². The smallest absolute Gasteiger partial charge is 0.225 e. The van der Waals surface area contributed by atoms with E-state index in [1.807, 2.05) is 19.9 Å². The zero-order valence-corrected chi connectivity index (χ0v) is 12.9. The molecule has 5 heteroatoms. The van der Waals surface area contributed by atoms with E-state index in [0.29, 0.717) is 37.4 Å². The Balaban J connectivity index is 1.79. The Bertz CT molecular complexity index is 661. The van der Waals surface area contributed by atoms with E-state index in [2.05, 4.69) is 14.9 Å². The molecule has 2 heterocycles. The molecule has 3 rings (SSSR count). The fourth-order valence-electron chi connectivity index (χ4n) is 3.03. The summed E-state index contributed by atoms with van der Waals surface area (Å²) in [6, 6.07) is 8.39. The van der Waals surface area contributed by atoms with E-state index in [4.69, 9.17) is 0 Å². The van der Waals surface area contributed by atoms with Crippen LogP contribution in [0.4, 0.5) is 10.3 Å². The maximum absolute atomic E-state index is 13.9. The number of aliphatic hydroxyl groups is 1. The summed E-state index contributed by atoms with van der Waals surface area (Å²) in [5, 5.41) is 10.8. The molecule has 2 aromatic rings. The summed E-state index contributed by atoms with van der Waals surface area (Å²) in [6.45, 7) is 5.09. The molecule has 22 heavy (non-hydrogen) atoms. The minimum absolute atomic E-state index is 0.346. The van der Waals surface area contributed by atoms with E-state index in [9.17, 15) is 9.50 Å². The third kappa shape index (κ3) is 2.81. The van der Waals surface area contributed by atoms with E-state index in [1.165, 1.54) is 6.07 Å². The largest absolute Gasteiger partial charge is 0.385 e. The summed E-state index contributed by atoms with van der Waals surface area (Å²) >= 11 is 0. The van der Waals surface area contributed by atoms with Gasteiger partial charge in [0.1, 0.15) is 5.82 Å². The number of benzene rings is 1. The fraction of sp³-hybridized carbons (Fsp3) is 0.412. The average molecular weight is 301 g/mol. The molecule has 0 unspecified atom stereocenters. The molecule has 1 fully saturated rings. The lowest BCUT2D eigenvalue weighted by Crippen LogP contribution is -2.43. The van der Waals surface area contributed by atoms with Crippen LogP contribution in [0.2, 0.25) is 0 Å². The molecule has 0 saturated carbocycles. The lowest BCUT2D eigenvalue weighted by Gasteiger charge is -2.38. The van der Waals surface area contributed by atoms with Crippen LogP contribution in [0.5, 0.6) is 0 Å². The summed E-state index contributed by atoms with van der Waals surface area (Å²) in [4.78, 5) is 11.0. The van der Waals surface area contributed by atoms with Gasteiger partial charge in [-0.05, 0) is 38.8 Å². The predicted molar refractivity (Wildman–Crippen MR) is 83.2 cm³/mol. The molecular weight excluding hydrogens is 281 g/mol. The van der Waals surface area contributed by atoms with E-state index < -0.39 is 5.60 Å². The van der Waals surface area contributed by atoms with E-state index in [0.717, 1.165) is 11.4 Å². The summed E-state index contributed by atoms with van der Waals surface area (Å²) < 4.78 is 13.9. The average Bonchev–Trinajstić information content (AvgIpc) is 2.47. The first-order valence-corrected chi connectivity index (χ1v) is 7.52. The maximum atomic E-state index is 13.9. The van der Waals surface area contributed by atoms with Crippen molar-refractivity contribution in [2.45, 2.75) is 32.3 Å². The number of nitrogens with zero attached hydrogens (tertiary/aromatic N) is 3. The molecule has 0 aliphatic carbocycles. The number of hydrogen-bond acceptors (Lipinski definition) is 4. The molecule has 0 spiro atoms. The van der Waals surface area contributed by atoms with Crippen molar-refractivity contribution in [1.82, 2.24) is 9.97 Å². The highest BCUT2D eigenvalue weighted by atomic mass is 19.1. The van der Waals surface area contributed by atoms with Crippen LogP contribution in [0, 0.1) is 19.7 Å². The standard InChI is InChI=1S/C17H20FN3O/c1-12-11-13(2)20-16(19-12)21-9-7-17(22,8-10-21)14-5-3-4-6-15(14)18/h3-6,11,22H,7-10H2,1-2H3. The van der Waals surface area contributed by atoms with E-state index in [-0.39, 0.29) is 5.82 Å². The number of halogens is 1. The van der Waals surface area contributed by atoms with Gasteiger partial charge in [0.05, 0.1) is 5.60 Å². The van der Waals surface area contributed by atoms with Crippen LogP contribution in [-0.2, 0) is 5.60 Å². The summed E-state index contributed by atoms with van der Waals surface area (Å²) in [7, 11) is 0. The summed E-state index contributed by atoms with van der Waals surface area (Å²) in [5.41, 5.74) is 1.13. The quantitative estimate of drug-likeness (QED) is 0.926. The number of hydrogen-bond donors (Lipinski definition) is 1. The molecule has 0 bridgehead atoms. The van der Waals surface area contributed by atoms with Gasteiger partial charge in [-0.2, -0.15) is 0 Å². The zero-order valence-electron chi connectivity index (χ0n) is 12.9. The van der Waals surface area contributed by atoms with Crippen LogP contribution in [0.15, 0.2) is 30.3 Å². The van der Waals surface area contributed by atoms with Crippen LogP contribution in [0.1, 0.15) is 29.8 Å². The Labute approximate surface area is 129 Å².